The number of ether oxygens (including phenoxy) is 1. The van der Waals surface area contributed by atoms with E-state index < -0.39 is 17.8 Å². The Labute approximate surface area is 146 Å². The highest BCUT2D eigenvalue weighted by molar-refractivity contribution is 5.85. The lowest BCUT2D eigenvalue weighted by atomic mass is 10.0. The van der Waals surface area contributed by atoms with Gasteiger partial charge in [0.2, 0.25) is 5.91 Å². The van der Waals surface area contributed by atoms with Gasteiger partial charge in [-0.2, -0.15) is 13.2 Å². The predicted octanol–water partition coefficient (Wildman–Crippen LogP) is 3.27. The average Bonchev–Trinajstić information content (AvgIpc) is 2.51. The second-order valence-corrected chi connectivity index (χ2v) is 5.15. The molecule has 0 saturated carbocycles. The molecule has 0 heterocycles. The van der Waals surface area contributed by atoms with E-state index in [1.807, 2.05) is 0 Å². The maximum atomic E-state index is 12.8. The van der Waals surface area contributed by atoms with Gasteiger partial charge in [0.05, 0.1) is 24.8 Å². The van der Waals surface area contributed by atoms with Gasteiger partial charge in [-0.05, 0) is 31.5 Å². The Morgan fingerprint density at radius 1 is 1.38 bits per heavy atom. The number of hydrogen-bond donors (Lipinski definition) is 1. The fraction of sp³-hybridized carbons (Fsp3) is 0.562. The van der Waals surface area contributed by atoms with Crippen LogP contribution in [-0.4, -0.2) is 44.2 Å². The predicted molar refractivity (Wildman–Crippen MR) is 89.2 cm³/mol. The molecule has 1 atom stereocenters. The molecule has 1 N–H and O–H groups in total. The van der Waals surface area contributed by atoms with E-state index in [1.165, 1.54) is 6.07 Å². The number of alkyl halides is 3. The van der Waals surface area contributed by atoms with Crippen LogP contribution in [0.1, 0.15) is 31.0 Å². The summed E-state index contributed by atoms with van der Waals surface area (Å²) in [6, 6.07) is 4.66. The summed E-state index contributed by atoms with van der Waals surface area (Å²) in [7, 11) is 1.57. The lowest BCUT2D eigenvalue weighted by Gasteiger charge is -2.29. The molecule has 8 heteroatoms. The average molecular weight is 369 g/mol. The standard InChI is InChI=1S/C16H23F3N2O2.ClH/c1-4-21(15(22)11-20-8-9-23-3)12(2)13-6-5-7-14(10-13)16(17,18)19;/h5-7,10,12,20H,4,8-9,11H2,1-3H3;1H. The van der Waals surface area contributed by atoms with Crippen LogP contribution < -0.4 is 5.32 Å². The first kappa shape index (κ1) is 22.7. The van der Waals surface area contributed by atoms with Gasteiger partial charge in [0.25, 0.3) is 0 Å². The number of nitrogens with one attached hydrogen (secondary N) is 1. The zero-order valence-electron chi connectivity index (χ0n) is 14.0. The zero-order chi connectivity index (χ0) is 17.5. The van der Waals surface area contributed by atoms with Gasteiger partial charge >= 0.3 is 6.18 Å². The number of amides is 1. The van der Waals surface area contributed by atoms with Crippen molar-refractivity contribution in [2.45, 2.75) is 26.1 Å². The van der Waals surface area contributed by atoms with E-state index >= 15 is 0 Å². The maximum absolute atomic E-state index is 12.8. The molecule has 0 radical (unpaired) electrons. The highest BCUT2D eigenvalue weighted by atomic mass is 35.5. The van der Waals surface area contributed by atoms with Crippen LogP contribution in [0.5, 0.6) is 0 Å². The molecule has 1 amide bonds. The smallest absolute Gasteiger partial charge is 0.383 e. The normalized spacial score (nSPS) is 12.4. The van der Waals surface area contributed by atoms with Crippen LogP contribution >= 0.6 is 12.4 Å². The summed E-state index contributed by atoms with van der Waals surface area (Å²) >= 11 is 0. The van der Waals surface area contributed by atoms with Crippen LogP contribution in [0.2, 0.25) is 0 Å². The Kier molecular flexibility index (Phi) is 9.96. The van der Waals surface area contributed by atoms with Gasteiger partial charge in [0, 0.05) is 20.2 Å². The van der Waals surface area contributed by atoms with E-state index in [4.69, 9.17) is 4.74 Å². The number of methoxy groups -OCH3 is 1. The number of likely N-dealkylation sites (N-methyl/N-ethyl adjacent to an activating group) is 1. The largest absolute Gasteiger partial charge is 0.416 e. The van der Waals surface area contributed by atoms with Crippen LogP contribution in [0, 0.1) is 0 Å². The molecule has 138 valence electrons. The van der Waals surface area contributed by atoms with E-state index in [1.54, 1.807) is 31.9 Å². The number of hydrogen-bond acceptors (Lipinski definition) is 3. The molecule has 0 fully saturated rings. The van der Waals surface area contributed by atoms with Crippen molar-refractivity contribution in [2.75, 3.05) is 33.4 Å². The molecular weight excluding hydrogens is 345 g/mol. The van der Waals surface area contributed by atoms with E-state index in [0.29, 0.717) is 25.3 Å². The number of benzene rings is 1. The molecule has 1 aromatic carbocycles. The molecule has 4 nitrogen and oxygen atoms in total. The van der Waals surface area contributed by atoms with Gasteiger partial charge in [-0.15, -0.1) is 12.4 Å². The minimum Gasteiger partial charge on any atom is -0.383 e. The summed E-state index contributed by atoms with van der Waals surface area (Å²) in [6.07, 6.45) is -4.39. The van der Waals surface area contributed by atoms with Crippen molar-refractivity contribution >= 4 is 18.3 Å². The zero-order valence-corrected chi connectivity index (χ0v) is 14.8. The molecule has 0 aliphatic heterocycles. The van der Waals surface area contributed by atoms with Gasteiger partial charge < -0.3 is 15.0 Å². The molecular formula is C16H24ClF3N2O2. The first-order chi connectivity index (χ1) is 10.8. The van der Waals surface area contributed by atoms with Crippen molar-refractivity contribution in [3.05, 3.63) is 35.4 Å². The number of carbonyl (C=O) groups is 1. The summed E-state index contributed by atoms with van der Waals surface area (Å²) < 4.78 is 43.3. The Morgan fingerprint density at radius 3 is 2.58 bits per heavy atom. The summed E-state index contributed by atoms with van der Waals surface area (Å²) in [5, 5.41) is 2.95. The van der Waals surface area contributed by atoms with Gasteiger partial charge in [0.1, 0.15) is 0 Å². The highest BCUT2D eigenvalue weighted by Crippen LogP contribution is 2.31. The Morgan fingerprint density at radius 2 is 2.04 bits per heavy atom. The summed E-state index contributed by atoms with van der Waals surface area (Å²) in [6.45, 7) is 5.10. The molecule has 0 aliphatic rings. The monoisotopic (exact) mass is 368 g/mol. The molecule has 0 spiro atoms. The molecule has 1 aromatic rings. The second-order valence-electron chi connectivity index (χ2n) is 5.15. The quantitative estimate of drug-likeness (QED) is 0.716. The Balaban J connectivity index is 0.00000529. The molecule has 0 bridgehead atoms. The number of rotatable bonds is 8. The molecule has 24 heavy (non-hydrogen) atoms. The number of halogens is 4. The summed E-state index contributed by atoms with van der Waals surface area (Å²) in [5.41, 5.74) is -0.240. The van der Waals surface area contributed by atoms with Gasteiger partial charge in [-0.1, -0.05) is 12.1 Å². The lowest BCUT2D eigenvalue weighted by molar-refractivity contribution is -0.137. The topological polar surface area (TPSA) is 41.6 Å². The summed E-state index contributed by atoms with van der Waals surface area (Å²) in [4.78, 5) is 13.8. The van der Waals surface area contributed by atoms with Crippen molar-refractivity contribution in [3.8, 4) is 0 Å². The van der Waals surface area contributed by atoms with E-state index in [9.17, 15) is 18.0 Å². The fourth-order valence-electron chi connectivity index (χ4n) is 2.29. The fourth-order valence-corrected chi connectivity index (χ4v) is 2.29. The highest BCUT2D eigenvalue weighted by Gasteiger charge is 2.31. The van der Waals surface area contributed by atoms with Crippen molar-refractivity contribution in [1.82, 2.24) is 10.2 Å². The Hall–Kier alpha value is -1.31. The van der Waals surface area contributed by atoms with Crippen LogP contribution in [-0.2, 0) is 15.7 Å². The van der Waals surface area contributed by atoms with Gasteiger partial charge in [0.15, 0.2) is 0 Å². The minimum absolute atomic E-state index is 0. The first-order valence-corrected chi connectivity index (χ1v) is 7.47. The third-order valence-corrected chi connectivity index (χ3v) is 3.58. The molecule has 0 aromatic heterocycles. The number of carbonyl (C=O) groups excluding carboxylic acids is 1. The molecule has 1 rings (SSSR count). The second kappa shape index (κ2) is 10.5. The van der Waals surface area contributed by atoms with Gasteiger partial charge in [-0.3, -0.25) is 4.79 Å². The van der Waals surface area contributed by atoms with E-state index in [2.05, 4.69) is 5.32 Å². The van der Waals surface area contributed by atoms with Gasteiger partial charge in [-0.25, -0.2) is 0 Å². The van der Waals surface area contributed by atoms with Crippen molar-refractivity contribution in [1.29, 1.82) is 0 Å². The maximum Gasteiger partial charge on any atom is 0.416 e. The van der Waals surface area contributed by atoms with Crippen LogP contribution in [0.25, 0.3) is 0 Å². The van der Waals surface area contributed by atoms with Crippen molar-refractivity contribution in [3.63, 3.8) is 0 Å². The third-order valence-electron chi connectivity index (χ3n) is 3.58. The molecule has 0 aliphatic carbocycles. The van der Waals surface area contributed by atoms with Crippen LogP contribution in [0.4, 0.5) is 13.2 Å². The first-order valence-electron chi connectivity index (χ1n) is 7.47. The van der Waals surface area contributed by atoms with Crippen LogP contribution in [0.3, 0.4) is 0 Å². The van der Waals surface area contributed by atoms with E-state index in [-0.39, 0.29) is 24.9 Å². The minimum atomic E-state index is -4.39. The number of nitrogens with zero attached hydrogens (tertiary/aromatic N) is 1. The van der Waals surface area contributed by atoms with Crippen LogP contribution in [0.15, 0.2) is 24.3 Å². The summed E-state index contributed by atoms with van der Waals surface area (Å²) in [5.74, 6) is -0.159. The molecule has 1 unspecified atom stereocenters. The van der Waals surface area contributed by atoms with Crippen molar-refractivity contribution in [2.24, 2.45) is 0 Å². The SMILES string of the molecule is CCN(C(=O)CNCCOC)C(C)c1cccc(C(F)(F)F)c1.Cl. The Bertz CT molecular complexity index is 512. The molecule has 0 saturated heterocycles. The lowest BCUT2D eigenvalue weighted by Crippen LogP contribution is -2.40. The van der Waals surface area contributed by atoms with Crippen molar-refractivity contribution < 1.29 is 22.7 Å². The van der Waals surface area contributed by atoms with E-state index in [0.717, 1.165) is 12.1 Å². The third kappa shape index (κ3) is 6.67.